The smallest absolute Gasteiger partial charge is 0.309 e. The Kier molecular flexibility index (Phi) is 4.37. The highest BCUT2D eigenvalue weighted by Gasteiger charge is 2.40. The van der Waals surface area contributed by atoms with Crippen molar-refractivity contribution in [3.8, 4) is 0 Å². The molecule has 1 saturated carbocycles. The molecule has 0 saturated heterocycles. The van der Waals surface area contributed by atoms with Crippen molar-refractivity contribution < 1.29 is 23.1 Å². The van der Waals surface area contributed by atoms with Crippen LogP contribution in [0.15, 0.2) is 16.6 Å². The summed E-state index contributed by atoms with van der Waals surface area (Å²) in [6.07, 6.45) is 0.762. The standard InChI is InChI=1S/C13H12BrF2NO3/c1-6-2-8(6)13(19)20-5-11(18)17-12-9(14)3-7(15)4-10(12)16/h3-4,6,8H,2,5H2,1H3,(H,17,18)/t6-,8-/m0/s1. The summed E-state index contributed by atoms with van der Waals surface area (Å²) in [6, 6.07) is 1.68. The van der Waals surface area contributed by atoms with Gasteiger partial charge in [0.1, 0.15) is 5.82 Å². The van der Waals surface area contributed by atoms with Crippen molar-refractivity contribution in [1.29, 1.82) is 0 Å². The number of anilines is 1. The Bertz CT molecular complexity index is 542. The molecule has 20 heavy (non-hydrogen) atoms. The number of carbonyl (C=O) groups is 2. The summed E-state index contributed by atoms with van der Waals surface area (Å²) in [5.41, 5.74) is -0.188. The van der Waals surface area contributed by atoms with Crippen molar-refractivity contribution in [3.05, 3.63) is 28.2 Å². The molecule has 1 aromatic rings. The summed E-state index contributed by atoms with van der Waals surface area (Å²) in [4.78, 5) is 23.0. The molecular weight excluding hydrogens is 336 g/mol. The van der Waals surface area contributed by atoms with Gasteiger partial charge in [-0.25, -0.2) is 8.78 Å². The van der Waals surface area contributed by atoms with Gasteiger partial charge in [0.2, 0.25) is 0 Å². The van der Waals surface area contributed by atoms with Gasteiger partial charge < -0.3 is 10.1 Å². The first kappa shape index (κ1) is 14.9. The first-order valence-electron chi connectivity index (χ1n) is 5.99. The van der Waals surface area contributed by atoms with Gasteiger partial charge in [0.25, 0.3) is 5.91 Å². The summed E-state index contributed by atoms with van der Waals surface area (Å²) in [6.45, 7) is 1.42. The highest BCUT2D eigenvalue weighted by molar-refractivity contribution is 9.10. The lowest BCUT2D eigenvalue weighted by Gasteiger charge is -2.09. The molecule has 1 aliphatic rings. The maximum Gasteiger partial charge on any atom is 0.309 e. The number of benzene rings is 1. The first-order valence-corrected chi connectivity index (χ1v) is 6.79. The van der Waals surface area contributed by atoms with E-state index in [1.54, 1.807) is 0 Å². The molecule has 1 aromatic carbocycles. The van der Waals surface area contributed by atoms with E-state index in [-0.39, 0.29) is 22.0 Å². The van der Waals surface area contributed by atoms with Crippen LogP contribution >= 0.6 is 15.9 Å². The van der Waals surface area contributed by atoms with E-state index in [0.717, 1.165) is 12.5 Å². The van der Waals surface area contributed by atoms with Crippen LogP contribution in [0.4, 0.5) is 14.5 Å². The zero-order chi connectivity index (χ0) is 14.9. The second-order valence-electron chi connectivity index (χ2n) is 4.72. The predicted octanol–water partition coefficient (Wildman–Crippen LogP) is 2.87. The number of nitrogens with one attached hydrogen (secondary N) is 1. The molecular formula is C13H12BrF2NO3. The quantitative estimate of drug-likeness (QED) is 0.852. The molecule has 2 rings (SSSR count). The fourth-order valence-electron chi connectivity index (χ4n) is 1.73. The van der Waals surface area contributed by atoms with E-state index in [1.165, 1.54) is 0 Å². The molecule has 0 heterocycles. The van der Waals surface area contributed by atoms with Gasteiger partial charge in [-0.1, -0.05) is 6.92 Å². The van der Waals surface area contributed by atoms with Crippen LogP contribution in [0.5, 0.6) is 0 Å². The molecule has 0 radical (unpaired) electrons. The molecule has 1 fully saturated rings. The lowest BCUT2D eigenvalue weighted by atomic mass is 10.3. The number of carbonyl (C=O) groups excluding carboxylic acids is 2. The minimum absolute atomic E-state index is 0.0745. The van der Waals surface area contributed by atoms with Gasteiger partial charge in [0.15, 0.2) is 12.4 Å². The number of rotatable bonds is 4. The van der Waals surface area contributed by atoms with E-state index < -0.39 is 30.1 Å². The minimum atomic E-state index is -0.910. The number of esters is 1. The summed E-state index contributed by atoms with van der Waals surface area (Å²) in [5.74, 6) is -2.63. The van der Waals surface area contributed by atoms with Crippen LogP contribution < -0.4 is 5.32 Å². The molecule has 1 amide bonds. The minimum Gasteiger partial charge on any atom is -0.455 e. The number of hydrogen-bond donors (Lipinski definition) is 1. The van der Waals surface area contributed by atoms with Crippen molar-refractivity contribution >= 4 is 33.5 Å². The third-order valence-electron chi connectivity index (χ3n) is 3.03. The van der Waals surface area contributed by atoms with Gasteiger partial charge >= 0.3 is 5.97 Å². The lowest BCUT2D eigenvalue weighted by Crippen LogP contribution is -2.22. The van der Waals surface area contributed by atoms with Crippen LogP contribution in [-0.2, 0) is 14.3 Å². The Labute approximate surface area is 122 Å². The van der Waals surface area contributed by atoms with E-state index >= 15 is 0 Å². The van der Waals surface area contributed by atoms with E-state index in [9.17, 15) is 18.4 Å². The van der Waals surface area contributed by atoms with Crippen molar-refractivity contribution in [2.24, 2.45) is 11.8 Å². The molecule has 4 nitrogen and oxygen atoms in total. The largest absolute Gasteiger partial charge is 0.455 e. The molecule has 0 bridgehead atoms. The molecule has 0 spiro atoms. The predicted molar refractivity (Wildman–Crippen MR) is 70.9 cm³/mol. The summed E-state index contributed by atoms with van der Waals surface area (Å²) >= 11 is 2.95. The van der Waals surface area contributed by atoms with Gasteiger partial charge in [0, 0.05) is 10.5 Å². The Balaban J connectivity index is 1.90. The summed E-state index contributed by atoms with van der Waals surface area (Å²) in [7, 11) is 0. The second kappa shape index (κ2) is 5.87. The number of hydrogen-bond acceptors (Lipinski definition) is 3. The molecule has 108 valence electrons. The molecule has 1 N–H and O–H groups in total. The van der Waals surface area contributed by atoms with Gasteiger partial charge in [-0.2, -0.15) is 0 Å². The third kappa shape index (κ3) is 3.53. The van der Waals surface area contributed by atoms with Crippen LogP contribution in [0.1, 0.15) is 13.3 Å². The Morgan fingerprint density at radius 1 is 1.45 bits per heavy atom. The highest BCUT2D eigenvalue weighted by atomic mass is 79.9. The Hall–Kier alpha value is -1.50. The van der Waals surface area contributed by atoms with Gasteiger partial charge in [-0.3, -0.25) is 9.59 Å². The first-order chi connectivity index (χ1) is 9.38. The zero-order valence-electron chi connectivity index (χ0n) is 10.6. The average molecular weight is 348 g/mol. The van der Waals surface area contributed by atoms with Crippen LogP contribution in [0.3, 0.4) is 0 Å². The Morgan fingerprint density at radius 2 is 2.10 bits per heavy atom. The normalized spacial score (nSPS) is 20.4. The van der Waals surface area contributed by atoms with Crippen molar-refractivity contribution in [2.45, 2.75) is 13.3 Å². The third-order valence-corrected chi connectivity index (χ3v) is 3.65. The van der Waals surface area contributed by atoms with Crippen molar-refractivity contribution in [2.75, 3.05) is 11.9 Å². The highest BCUT2D eigenvalue weighted by Crippen LogP contribution is 2.38. The molecule has 0 aliphatic heterocycles. The Morgan fingerprint density at radius 3 is 2.65 bits per heavy atom. The van der Waals surface area contributed by atoms with Crippen LogP contribution in [0, 0.1) is 23.5 Å². The zero-order valence-corrected chi connectivity index (χ0v) is 12.2. The number of amides is 1. The summed E-state index contributed by atoms with van der Waals surface area (Å²) in [5, 5.41) is 2.23. The lowest BCUT2D eigenvalue weighted by molar-refractivity contribution is -0.148. The molecule has 0 aromatic heterocycles. The van der Waals surface area contributed by atoms with Crippen molar-refractivity contribution in [3.63, 3.8) is 0 Å². The maximum absolute atomic E-state index is 13.5. The van der Waals surface area contributed by atoms with E-state index in [0.29, 0.717) is 6.07 Å². The second-order valence-corrected chi connectivity index (χ2v) is 5.57. The van der Waals surface area contributed by atoms with Gasteiger partial charge in [-0.15, -0.1) is 0 Å². The van der Waals surface area contributed by atoms with Crippen molar-refractivity contribution in [1.82, 2.24) is 0 Å². The van der Waals surface area contributed by atoms with Crippen LogP contribution in [0.2, 0.25) is 0 Å². The topological polar surface area (TPSA) is 55.4 Å². The molecule has 0 unspecified atom stereocenters. The van der Waals surface area contributed by atoms with Gasteiger partial charge in [-0.05, 0) is 34.3 Å². The molecule has 2 atom stereocenters. The van der Waals surface area contributed by atoms with E-state index in [4.69, 9.17) is 4.74 Å². The van der Waals surface area contributed by atoms with E-state index in [2.05, 4.69) is 21.2 Å². The number of ether oxygens (including phenoxy) is 1. The fourth-order valence-corrected chi connectivity index (χ4v) is 2.24. The van der Waals surface area contributed by atoms with Crippen LogP contribution in [0.25, 0.3) is 0 Å². The molecule has 1 aliphatic carbocycles. The van der Waals surface area contributed by atoms with E-state index in [1.807, 2.05) is 6.92 Å². The monoisotopic (exact) mass is 347 g/mol. The maximum atomic E-state index is 13.5. The number of halogens is 3. The van der Waals surface area contributed by atoms with Crippen LogP contribution in [-0.4, -0.2) is 18.5 Å². The summed E-state index contributed by atoms with van der Waals surface area (Å²) < 4.78 is 31.2. The average Bonchev–Trinajstić information content (AvgIpc) is 3.08. The SMILES string of the molecule is C[C@H]1C[C@@H]1C(=O)OCC(=O)Nc1c(F)cc(F)cc1Br. The molecule has 7 heteroatoms. The van der Waals surface area contributed by atoms with Gasteiger partial charge in [0.05, 0.1) is 11.6 Å². The fraction of sp³-hybridized carbons (Fsp3) is 0.385.